The van der Waals surface area contributed by atoms with E-state index in [4.69, 9.17) is 10.2 Å². The molecule has 0 fully saturated rings. The van der Waals surface area contributed by atoms with Gasteiger partial charge in [-0.2, -0.15) is 0 Å². The zero-order chi connectivity index (χ0) is 12.2. The van der Waals surface area contributed by atoms with E-state index in [0.29, 0.717) is 0 Å². The number of rotatable bonds is 2. The fraction of sp³-hybridized carbons (Fsp3) is 0.100. The standard InChI is InChI=1S/C10H9NO4S/c11-16(14,15)9-6-2-1-4-8(9)5-3-7-10(12)13/h1-2,4,6H,7H2,(H,12,13)(H2,11,14,15). The van der Waals surface area contributed by atoms with Gasteiger partial charge in [0.1, 0.15) is 6.42 Å². The number of hydrogen-bond acceptors (Lipinski definition) is 3. The van der Waals surface area contributed by atoms with Gasteiger partial charge in [-0.1, -0.05) is 24.0 Å². The van der Waals surface area contributed by atoms with E-state index < -0.39 is 16.0 Å². The molecule has 0 aliphatic carbocycles. The monoisotopic (exact) mass is 239 g/mol. The van der Waals surface area contributed by atoms with Gasteiger partial charge in [0.2, 0.25) is 10.0 Å². The first-order valence-electron chi connectivity index (χ1n) is 4.24. The Balaban J connectivity index is 3.14. The first-order chi connectivity index (χ1) is 7.41. The van der Waals surface area contributed by atoms with Crippen molar-refractivity contribution in [1.29, 1.82) is 0 Å². The molecule has 0 heterocycles. The summed E-state index contributed by atoms with van der Waals surface area (Å²) in [5, 5.41) is 13.4. The van der Waals surface area contributed by atoms with Gasteiger partial charge in [-0.05, 0) is 12.1 Å². The molecule has 0 spiro atoms. The number of hydrogen-bond donors (Lipinski definition) is 2. The molecule has 0 bridgehead atoms. The van der Waals surface area contributed by atoms with Crippen LogP contribution in [0.15, 0.2) is 29.2 Å². The van der Waals surface area contributed by atoms with Crippen molar-refractivity contribution in [1.82, 2.24) is 0 Å². The van der Waals surface area contributed by atoms with Crippen LogP contribution in [0.3, 0.4) is 0 Å². The molecule has 0 unspecified atom stereocenters. The lowest BCUT2D eigenvalue weighted by Gasteiger charge is -2.00. The highest BCUT2D eigenvalue weighted by atomic mass is 32.2. The van der Waals surface area contributed by atoms with Gasteiger partial charge in [0.25, 0.3) is 0 Å². The number of carboxylic acids is 1. The van der Waals surface area contributed by atoms with E-state index >= 15 is 0 Å². The summed E-state index contributed by atoms with van der Waals surface area (Å²) in [6, 6.07) is 5.90. The van der Waals surface area contributed by atoms with E-state index in [1.165, 1.54) is 18.2 Å². The molecule has 5 nitrogen and oxygen atoms in total. The third kappa shape index (κ3) is 3.38. The summed E-state index contributed by atoms with van der Waals surface area (Å²) in [5.74, 6) is 3.74. The fourth-order valence-electron chi connectivity index (χ4n) is 1.03. The molecule has 1 aromatic rings. The number of benzene rings is 1. The fourth-order valence-corrected chi connectivity index (χ4v) is 1.73. The van der Waals surface area contributed by atoms with Crippen LogP contribution in [-0.2, 0) is 14.8 Å². The highest BCUT2D eigenvalue weighted by Crippen LogP contribution is 2.11. The molecule has 0 saturated heterocycles. The average Bonchev–Trinajstić information content (AvgIpc) is 2.16. The summed E-state index contributed by atoms with van der Waals surface area (Å²) in [5.41, 5.74) is 0.200. The Bertz CT molecular complexity index is 566. The summed E-state index contributed by atoms with van der Waals surface area (Å²) >= 11 is 0. The highest BCUT2D eigenvalue weighted by molar-refractivity contribution is 7.89. The minimum atomic E-state index is -3.83. The number of sulfonamides is 1. The second-order valence-electron chi connectivity index (χ2n) is 2.91. The van der Waals surface area contributed by atoms with Crippen molar-refractivity contribution < 1.29 is 18.3 Å². The Labute approximate surface area is 92.9 Å². The molecule has 16 heavy (non-hydrogen) atoms. The molecule has 1 rings (SSSR count). The normalized spacial score (nSPS) is 10.3. The molecule has 0 atom stereocenters. The maximum Gasteiger partial charge on any atom is 0.315 e. The SMILES string of the molecule is NS(=O)(=O)c1ccccc1C#CCC(=O)O. The molecule has 1 aromatic carbocycles. The predicted octanol–water partition coefficient (Wildman–Crippen LogP) is 0.160. The van der Waals surface area contributed by atoms with Crippen LogP contribution in [0.5, 0.6) is 0 Å². The van der Waals surface area contributed by atoms with Crippen molar-refractivity contribution in [3.05, 3.63) is 29.8 Å². The van der Waals surface area contributed by atoms with Crippen LogP contribution in [0.2, 0.25) is 0 Å². The molecule has 84 valence electrons. The average molecular weight is 239 g/mol. The van der Waals surface area contributed by atoms with Gasteiger partial charge in [-0.25, -0.2) is 13.6 Å². The van der Waals surface area contributed by atoms with Crippen LogP contribution in [0.4, 0.5) is 0 Å². The first kappa shape index (κ1) is 12.2. The van der Waals surface area contributed by atoms with Crippen LogP contribution in [0.1, 0.15) is 12.0 Å². The maximum absolute atomic E-state index is 11.1. The van der Waals surface area contributed by atoms with Crippen LogP contribution in [0, 0.1) is 11.8 Å². The Morgan fingerprint density at radius 2 is 2.00 bits per heavy atom. The minimum Gasteiger partial charge on any atom is -0.481 e. The maximum atomic E-state index is 11.1. The van der Waals surface area contributed by atoms with E-state index in [-0.39, 0.29) is 16.9 Å². The smallest absolute Gasteiger partial charge is 0.315 e. The molecule has 6 heteroatoms. The van der Waals surface area contributed by atoms with E-state index in [2.05, 4.69) is 11.8 Å². The lowest BCUT2D eigenvalue weighted by atomic mass is 10.2. The Morgan fingerprint density at radius 3 is 2.56 bits per heavy atom. The van der Waals surface area contributed by atoms with Gasteiger partial charge in [0.05, 0.1) is 4.90 Å². The summed E-state index contributed by atoms with van der Waals surface area (Å²) in [7, 11) is -3.83. The molecule has 0 radical (unpaired) electrons. The molecule has 0 aliphatic heterocycles. The third-order valence-electron chi connectivity index (χ3n) is 1.66. The molecule has 0 saturated carbocycles. The number of nitrogens with two attached hydrogens (primary N) is 1. The van der Waals surface area contributed by atoms with E-state index in [9.17, 15) is 13.2 Å². The largest absolute Gasteiger partial charge is 0.481 e. The van der Waals surface area contributed by atoms with Crippen LogP contribution in [0.25, 0.3) is 0 Å². The van der Waals surface area contributed by atoms with E-state index in [0.717, 1.165) is 0 Å². The quantitative estimate of drug-likeness (QED) is 0.718. The third-order valence-corrected chi connectivity index (χ3v) is 2.63. The van der Waals surface area contributed by atoms with E-state index in [1.807, 2.05) is 0 Å². The lowest BCUT2D eigenvalue weighted by molar-refractivity contribution is -0.135. The van der Waals surface area contributed by atoms with Gasteiger partial charge in [-0.3, -0.25) is 4.79 Å². The van der Waals surface area contributed by atoms with Gasteiger partial charge in [0.15, 0.2) is 0 Å². The minimum absolute atomic E-state index is 0.104. The van der Waals surface area contributed by atoms with Crippen molar-refractivity contribution in [3.8, 4) is 11.8 Å². The summed E-state index contributed by atoms with van der Waals surface area (Å²) in [4.78, 5) is 10.1. The Morgan fingerprint density at radius 1 is 1.38 bits per heavy atom. The summed E-state index contributed by atoms with van der Waals surface area (Å²) < 4.78 is 22.3. The molecule has 3 N–H and O–H groups in total. The second-order valence-corrected chi connectivity index (χ2v) is 4.44. The molecular weight excluding hydrogens is 230 g/mol. The zero-order valence-corrected chi connectivity index (χ0v) is 8.99. The van der Waals surface area contributed by atoms with Crippen molar-refractivity contribution in [2.45, 2.75) is 11.3 Å². The van der Waals surface area contributed by atoms with Gasteiger partial charge < -0.3 is 5.11 Å². The molecular formula is C10H9NO4S. The zero-order valence-electron chi connectivity index (χ0n) is 8.17. The topological polar surface area (TPSA) is 97.5 Å². The molecule has 0 aromatic heterocycles. The van der Waals surface area contributed by atoms with Crippen molar-refractivity contribution >= 4 is 16.0 Å². The number of carbonyl (C=O) groups is 1. The Kier molecular flexibility index (Phi) is 3.66. The van der Waals surface area contributed by atoms with Crippen LogP contribution >= 0.6 is 0 Å². The number of carboxylic acid groups (broad SMARTS) is 1. The highest BCUT2D eigenvalue weighted by Gasteiger charge is 2.11. The predicted molar refractivity (Wildman–Crippen MR) is 56.9 cm³/mol. The number of aliphatic carboxylic acids is 1. The second kappa shape index (κ2) is 4.79. The first-order valence-corrected chi connectivity index (χ1v) is 5.78. The van der Waals surface area contributed by atoms with Crippen LogP contribution < -0.4 is 5.14 Å². The van der Waals surface area contributed by atoms with Crippen molar-refractivity contribution in [2.24, 2.45) is 5.14 Å². The van der Waals surface area contributed by atoms with Crippen molar-refractivity contribution in [3.63, 3.8) is 0 Å². The van der Waals surface area contributed by atoms with E-state index in [1.54, 1.807) is 6.07 Å². The molecule has 0 aliphatic rings. The Hall–Kier alpha value is -1.84. The number of primary sulfonamides is 1. The van der Waals surface area contributed by atoms with Gasteiger partial charge in [0, 0.05) is 5.56 Å². The summed E-state index contributed by atoms with van der Waals surface area (Å²) in [6.07, 6.45) is -0.348. The lowest BCUT2D eigenvalue weighted by Crippen LogP contribution is -2.13. The molecule has 0 amide bonds. The van der Waals surface area contributed by atoms with Gasteiger partial charge >= 0.3 is 5.97 Å². The van der Waals surface area contributed by atoms with Gasteiger partial charge in [-0.15, -0.1) is 0 Å². The summed E-state index contributed by atoms with van der Waals surface area (Å²) in [6.45, 7) is 0. The van der Waals surface area contributed by atoms with Crippen molar-refractivity contribution in [2.75, 3.05) is 0 Å². The van der Waals surface area contributed by atoms with Crippen LogP contribution in [-0.4, -0.2) is 19.5 Å².